The van der Waals surface area contributed by atoms with E-state index in [9.17, 15) is 9.59 Å². The largest absolute Gasteiger partial charge is 0.382 e. The van der Waals surface area contributed by atoms with Crippen molar-refractivity contribution >= 4 is 34.8 Å². The summed E-state index contributed by atoms with van der Waals surface area (Å²) in [5, 5.41) is 1.42. The molecule has 0 saturated heterocycles. The van der Waals surface area contributed by atoms with Crippen LogP contribution in [0.4, 0.5) is 0 Å². The summed E-state index contributed by atoms with van der Waals surface area (Å²) >= 11 is 7.81. The zero-order valence-corrected chi connectivity index (χ0v) is 19.1. The predicted octanol–water partition coefficient (Wildman–Crippen LogP) is 4.10. The molecule has 0 spiro atoms. The van der Waals surface area contributed by atoms with E-state index in [1.807, 2.05) is 30.0 Å². The number of carbonyl (C=O) groups is 2. The van der Waals surface area contributed by atoms with Gasteiger partial charge in [0.15, 0.2) is 0 Å². The van der Waals surface area contributed by atoms with Gasteiger partial charge in [-0.05, 0) is 49.3 Å². The van der Waals surface area contributed by atoms with Gasteiger partial charge in [0, 0.05) is 31.2 Å². The molecular formula is C23H29ClN2O3S. The third kappa shape index (κ3) is 5.42. The maximum Gasteiger partial charge on any atom is 0.242 e. The number of ether oxygens (including phenoxy) is 1. The van der Waals surface area contributed by atoms with Crippen molar-refractivity contribution in [2.75, 3.05) is 32.8 Å². The second kappa shape index (κ2) is 10.9. The Labute approximate surface area is 187 Å². The van der Waals surface area contributed by atoms with Gasteiger partial charge in [0.1, 0.15) is 5.38 Å². The first-order valence-corrected chi connectivity index (χ1v) is 11.8. The van der Waals surface area contributed by atoms with Crippen molar-refractivity contribution in [3.63, 3.8) is 0 Å². The van der Waals surface area contributed by atoms with Crippen molar-refractivity contribution < 1.29 is 14.3 Å². The Kier molecular flexibility index (Phi) is 8.31. The fourth-order valence-electron chi connectivity index (χ4n) is 3.85. The highest BCUT2D eigenvalue weighted by Crippen LogP contribution is 2.37. The van der Waals surface area contributed by atoms with Crippen molar-refractivity contribution in [1.82, 2.24) is 9.80 Å². The average molecular weight is 449 g/mol. The van der Waals surface area contributed by atoms with E-state index >= 15 is 0 Å². The molecular weight excluding hydrogens is 420 g/mol. The summed E-state index contributed by atoms with van der Waals surface area (Å²) in [5.74, 6) is -0.270. The van der Waals surface area contributed by atoms with E-state index in [1.54, 1.807) is 23.2 Å². The van der Waals surface area contributed by atoms with Crippen LogP contribution in [0.3, 0.4) is 0 Å². The first-order valence-electron chi connectivity index (χ1n) is 10.4. The summed E-state index contributed by atoms with van der Waals surface area (Å²) < 4.78 is 5.39. The van der Waals surface area contributed by atoms with Gasteiger partial charge in [-0.15, -0.1) is 22.9 Å². The molecule has 2 atom stereocenters. The van der Waals surface area contributed by atoms with Crippen LogP contribution < -0.4 is 0 Å². The minimum Gasteiger partial charge on any atom is -0.382 e. The fraction of sp³-hybridized carbons (Fsp3) is 0.478. The molecule has 2 amide bonds. The minimum atomic E-state index is -0.667. The predicted molar refractivity (Wildman–Crippen MR) is 121 cm³/mol. The minimum absolute atomic E-state index is 0.0326. The maximum atomic E-state index is 13.4. The molecule has 2 heterocycles. The Balaban J connectivity index is 1.79. The maximum absolute atomic E-state index is 13.4. The quantitative estimate of drug-likeness (QED) is 0.428. The van der Waals surface area contributed by atoms with Crippen molar-refractivity contribution in [1.29, 1.82) is 0 Å². The highest BCUT2D eigenvalue weighted by molar-refractivity contribution is 7.10. The van der Waals surface area contributed by atoms with Crippen molar-refractivity contribution in [3.05, 3.63) is 57.8 Å². The fourth-order valence-corrected chi connectivity index (χ4v) is 4.90. The van der Waals surface area contributed by atoms with E-state index in [4.69, 9.17) is 16.3 Å². The van der Waals surface area contributed by atoms with Crippen LogP contribution in [0.2, 0.25) is 0 Å². The number of rotatable bonds is 9. The van der Waals surface area contributed by atoms with Crippen LogP contribution in [-0.4, -0.2) is 59.8 Å². The molecule has 3 rings (SSSR count). The van der Waals surface area contributed by atoms with Gasteiger partial charge in [-0.1, -0.05) is 30.3 Å². The molecule has 2 aromatic rings. The molecule has 7 heteroatoms. The summed E-state index contributed by atoms with van der Waals surface area (Å²) in [4.78, 5) is 30.8. The van der Waals surface area contributed by atoms with E-state index < -0.39 is 5.38 Å². The van der Waals surface area contributed by atoms with Gasteiger partial charge in [-0.25, -0.2) is 0 Å². The van der Waals surface area contributed by atoms with Crippen LogP contribution in [0, 0.1) is 0 Å². The van der Waals surface area contributed by atoms with Gasteiger partial charge < -0.3 is 14.5 Å². The van der Waals surface area contributed by atoms with E-state index in [0.29, 0.717) is 32.7 Å². The van der Waals surface area contributed by atoms with Gasteiger partial charge in [-0.2, -0.15) is 0 Å². The molecule has 0 bridgehead atoms. The Morgan fingerprint density at radius 1 is 1.30 bits per heavy atom. The van der Waals surface area contributed by atoms with Gasteiger partial charge in [0.05, 0.1) is 12.6 Å². The summed E-state index contributed by atoms with van der Waals surface area (Å²) in [6.07, 6.45) is 1.51. The van der Waals surface area contributed by atoms with Crippen molar-refractivity contribution in [3.8, 4) is 0 Å². The molecule has 1 aromatic heterocycles. The summed E-state index contributed by atoms with van der Waals surface area (Å²) in [6, 6.07) is 12.1. The van der Waals surface area contributed by atoms with Crippen molar-refractivity contribution in [2.45, 2.75) is 38.1 Å². The van der Waals surface area contributed by atoms with Gasteiger partial charge in [0.25, 0.3) is 0 Å². The normalized spacial score (nSPS) is 16.8. The Bertz CT molecular complexity index is 840. The highest BCUT2D eigenvalue weighted by Gasteiger charge is 2.34. The first-order chi connectivity index (χ1) is 14.5. The number of hydrogen-bond acceptors (Lipinski definition) is 4. The number of benzene rings is 1. The monoisotopic (exact) mass is 448 g/mol. The molecule has 0 N–H and O–H groups in total. The van der Waals surface area contributed by atoms with E-state index in [0.717, 1.165) is 12.0 Å². The molecule has 5 nitrogen and oxygen atoms in total. The highest BCUT2D eigenvalue weighted by atomic mass is 35.5. The number of alkyl halides is 1. The SMILES string of the molecule is CCOCCCN(CC(=O)N1CCc2sccc2C1c1ccccc1)C(=O)C(C)Cl. The standard InChI is InChI=1S/C23H29ClN2O3S/c1-3-29-14-7-12-25(23(28)17(2)24)16-21(27)26-13-10-20-19(11-15-30-20)22(26)18-8-5-4-6-9-18/h4-6,8-9,11,15,17,22H,3,7,10,12-14,16H2,1-2H3. The molecule has 162 valence electrons. The summed E-state index contributed by atoms with van der Waals surface area (Å²) in [5.41, 5.74) is 2.27. The molecule has 2 unspecified atom stereocenters. The second-order valence-corrected chi connectivity index (χ2v) is 9.03. The second-order valence-electron chi connectivity index (χ2n) is 7.38. The molecule has 1 aromatic carbocycles. The Morgan fingerprint density at radius 3 is 2.77 bits per heavy atom. The number of amides is 2. The molecule has 0 radical (unpaired) electrons. The summed E-state index contributed by atoms with van der Waals surface area (Å²) in [6.45, 7) is 5.90. The zero-order chi connectivity index (χ0) is 21.5. The van der Waals surface area contributed by atoms with Crippen LogP contribution in [-0.2, 0) is 20.7 Å². The number of fused-ring (bicyclic) bond motifs is 1. The first kappa shape index (κ1) is 22.8. The number of carbonyl (C=O) groups excluding carboxylic acids is 2. The summed E-state index contributed by atoms with van der Waals surface area (Å²) in [7, 11) is 0. The lowest BCUT2D eigenvalue weighted by Crippen LogP contribution is -2.48. The Hall–Kier alpha value is -1.89. The molecule has 0 aliphatic carbocycles. The molecule has 1 aliphatic rings. The molecule has 30 heavy (non-hydrogen) atoms. The lowest BCUT2D eigenvalue weighted by Gasteiger charge is -2.37. The van der Waals surface area contributed by atoms with E-state index in [1.165, 1.54) is 10.4 Å². The third-order valence-corrected chi connectivity index (χ3v) is 6.48. The van der Waals surface area contributed by atoms with E-state index in [-0.39, 0.29) is 24.4 Å². The van der Waals surface area contributed by atoms with Crippen LogP contribution >= 0.6 is 22.9 Å². The number of thiophene rings is 1. The number of halogens is 1. The van der Waals surface area contributed by atoms with E-state index in [2.05, 4.69) is 23.6 Å². The van der Waals surface area contributed by atoms with Gasteiger partial charge in [-0.3, -0.25) is 9.59 Å². The number of nitrogens with zero attached hydrogens (tertiary/aromatic N) is 2. The zero-order valence-electron chi connectivity index (χ0n) is 17.6. The smallest absolute Gasteiger partial charge is 0.242 e. The van der Waals surface area contributed by atoms with Crippen LogP contribution in [0.25, 0.3) is 0 Å². The van der Waals surface area contributed by atoms with Crippen molar-refractivity contribution in [2.24, 2.45) is 0 Å². The average Bonchev–Trinajstić information content (AvgIpc) is 3.24. The molecule has 0 saturated carbocycles. The number of hydrogen-bond donors (Lipinski definition) is 0. The van der Waals surface area contributed by atoms with Crippen LogP contribution in [0.5, 0.6) is 0 Å². The Morgan fingerprint density at radius 2 is 2.07 bits per heavy atom. The van der Waals surface area contributed by atoms with Crippen LogP contribution in [0.15, 0.2) is 41.8 Å². The lowest BCUT2D eigenvalue weighted by molar-refractivity contribution is -0.141. The van der Waals surface area contributed by atoms with Crippen LogP contribution in [0.1, 0.15) is 42.3 Å². The topological polar surface area (TPSA) is 49.9 Å². The van der Waals surface area contributed by atoms with Gasteiger partial charge in [0.2, 0.25) is 11.8 Å². The molecule has 0 fully saturated rings. The molecule has 1 aliphatic heterocycles. The van der Waals surface area contributed by atoms with Gasteiger partial charge >= 0.3 is 0 Å². The third-order valence-electron chi connectivity index (χ3n) is 5.30. The lowest BCUT2D eigenvalue weighted by atomic mass is 9.93.